The van der Waals surface area contributed by atoms with Crippen molar-refractivity contribution in [3.8, 4) is 5.75 Å². The van der Waals surface area contributed by atoms with Crippen LogP contribution in [0.15, 0.2) is 23.4 Å². The number of fused-ring (bicyclic) bond motifs is 1. The summed E-state index contributed by atoms with van der Waals surface area (Å²) in [7, 11) is 0. The number of oxime groups is 1. The number of aldehydes is 1. The van der Waals surface area contributed by atoms with E-state index in [4.69, 9.17) is 9.57 Å². The lowest BCUT2D eigenvalue weighted by molar-refractivity contribution is -0.111. The first kappa shape index (κ1) is 16.0. The first-order chi connectivity index (χ1) is 10.3. The van der Waals surface area contributed by atoms with E-state index in [-0.39, 0.29) is 6.61 Å². The maximum atomic E-state index is 10.2. The molecular formula is C16H20BrNO3. The molecule has 0 aliphatic heterocycles. The molecule has 5 heteroatoms. The molecule has 21 heavy (non-hydrogen) atoms. The molecule has 4 nitrogen and oxygen atoms in total. The van der Waals surface area contributed by atoms with Crippen LogP contribution in [0.25, 0.3) is 0 Å². The molecule has 0 spiro atoms. The highest BCUT2D eigenvalue weighted by molar-refractivity contribution is 9.09. The number of hydrogen-bond donors (Lipinski definition) is 0. The van der Waals surface area contributed by atoms with Crippen molar-refractivity contribution in [3.63, 3.8) is 0 Å². The average Bonchev–Trinajstić information content (AvgIpc) is 2.90. The summed E-state index contributed by atoms with van der Waals surface area (Å²) < 4.78 is 5.78. The zero-order chi connectivity index (χ0) is 14.9. The summed E-state index contributed by atoms with van der Waals surface area (Å²) in [5.74, 6) is 0.919. The van der Waals surface area contributed by atoms with Crippen LogP contribution >= 0.6 is 15.9 Å². The molecule has 1 aromatic carbocycles. The summed E-state index contributed by atoms with van der Waals surface area (Å²) in [6.45, 7) is 0.767. The van der Waals surface area contributed by atoms with E-state index >= 15 is 0 Å². The fraction of sp³-hybridized carbons (Fsp3) is 0.500. The minimum atomic E-state index is 0.00836. The fourth-order valence-corrected chi connectivity index (χ4v) is 2.74. The Hall–Kier alpha value is -1.36. The molecule has 0 bridgehead atoms. The molecule has 0 atom stereocenters. The third-order valence-corrected chi connectivity index (χ3v) is 3.94. The highest BCUT2D eigenvalue weighted by Crippen LogP contribution is 2.27. The molecule has 0 saturated heterocycles. The highest BCUT2D eigenvalue weighted by Gasteiger charge is 2.18. The van der Waals surface area contributed by atoms with E-state index in [1.165, 1.54) is 18.4 Å². The number of aryl methyl sites for hydroxylation is 1. The predicted molar refractivity (Wildman–Crippen MR) is 86.5 cm³/mol. The second kappa shape index (κ2) is 8.82. The molecule has 0 heterocycles. The van der Waals surface area contributed by atoms with Crippen LogP contribution in [0.3, 0.4) is 0 Å². The molecule has 0 unspecified atom stereocenters. The van der Waals surface area contributed by atoms with Gasteiger partial charge in [0.25, 0.3) is 0 Å². The second-order valence-corrected chi connectivity index (χ2v) is 5.71. The largest absolute Gasteiger partial charge is 0.494 e. The van der Waals surface area contributed by atoms with Crippen molar-refractivity contribution in [1.29, 1.82) is 0 Å². The predicted octanol–water partition coefficient (Wildman–Crippen LogP) is 3.50. The van der Waals surface area contributed by atoms with Crippen LogP contribution < -0.4 is 4.74 Å². The van der Waals surface area contributed by atoms with Crippen LogP contribution in [0, 0.1) is 0 Å². The van der Waals surface area contributed by atoms with Gasteiger partial charge >= 0.3 is 0 Å². The Morgan fingerprint density at radius 2 is 2.14 bits per heavy atom. The number of halogens is 1. The monoisotopic (exact) mass is 353 g/mol. The van der Waals surface area contributed by atoms with Crippen LogP contribution in [-0.2, 0) is 16.1 Å². The Labute approximate surface area is 133 Å². The van der Waals surface area contributed by atoms with Crippen molar-refractivity contribution in [1.82, 2.24) is 0 Å². The van der Waals surface area contributed by atoms with Gasteiger partial charge < -0.3 is 9.57 Å². The standard InChI is InChI=1S/C16H20BrNO3/c17-8-2-1-3-10-20-14-5-6-15-13(12-14)4-7-16(15)18-21-11-9-19/h5-6,9,12H,1-4,7-8,10-11H2/b18-16+. The van der Waals surface area contributed by atoms with Gasteiger partial charge in [-0.25, -0.2) is 0 Å². The zero-order valence-electron chi connectivity index (χ0n) is 12.0. The zero-order valence-corrected chi connectivity index (χ0v) is 13.6. The second-order valence-electron chi connectivity index (χ2n) is 4.92. The van der Waals surface area contributed by atoms with E-state index in [9.17, 15) is 4.79 Å². The molecule has 1 aromatic rings. The van der Waals surface area contributed by atoms with Crippen molar-refractivity contribution in [2.75, 3.05) is 18.5 Å². The highest BCUT2D eigenvalue weighted by atomic mass is 79.9. The Bertz CT molecular complexity index is 502. The summed E-state index contributed by atoms with van der Waals surface area (Å²) >= 11 is 3.43. The molecule has 0 aromatic heterocycles. The van der Waals surface area contributed by atoms with Gasteiger partial charge in [-0.1, -0.05) is 21.1 Å². The van der Waals surface area contributed by atoms with E-state index in [1.807, 2.05) is 12.1 Å². The quantitative estimate of drug-likeness (QED) is 0.295. The van der Waals surface area contributed by atoms with Crippen molar-refractivity contribution >= 4 is 27.9 Å². The topological polar surface area (TPSA) is 47.9 Å². The number of carbonyl (C=O) groups excluding carboxylic acids is 1. The van der Waals surface area contributed by atoms with Crippen LogP contribution in [0.1, 0.15) is 36.8 Å². The summed E-state index contributed by atoms with van der Waals surface area (Å²) in [4.78, 5) is 15.2. The van der Waals surface area contributed by atoms with E-state index in [0.717, 1.165) is 48.2 Å². The van der Waals surface area contributed by atoms with Gasteiger partial charge in [-0.2, -0.15) is 0 Å². The van der Waals surface area contributed by atoms with Gasteiger partial charge in [0.1, 0.15) is 5.75 Å². The third kappa shape index (κ3) is 4.84. The number of unbranched alkanes of at least 4 members (excludes halogenated alkanes) is 2. The van der Waals surface area contributed by atoms with Gasteiger partial charge in [-0.15, -0.1) is 0 Å². The molecule has 1 aliphatic rings. The number of nitrogens with zero attached hydrogens (tertiary/aromatic N) is 1. The van der Waals surface area contributed by atoms with Crippen molar-refractivity contribution in [2.45, 2.75) is 32.1 Å². The van der Waals surface area contributed by atoms with Crippen LogP contribution in [0.4, 0.5) is 0 Å². The van der Waals surface area contributed by atoms with Gasteiger partial charge in [-0.3, -0.25) is 4.79 Å². The Balaban J connectivity index is 1.89. The van der Waals surface area contributed by atoms with Crippen molar-refractivity contribution in [2.24, 2.45) is 5.16 Å². The lowest BCUT2D eigenvalue weighted by Crippen LogP contribution is -2.00. The number of rotatable bonds is 9. The maximum Gasteiger partial charge on any atom is 0.172 e. The summed E-state index contributed by atoms with van der Waals surface area (Å²) in [5, 5.41) is 5.08. The minimum Gasteiger partial charge on any atom is -0.494 e. The number of hydrogen-bond acceptors (Lipinski definition) is 4. The number of ether oxygens (including phenoxy) is 1. The van der Waals surface area contributed by atoms with Gasteiger partial charge in [0.15, 0.2) is 12.9 Å². The number of alkyl halides is 1. The minimum absolute atomic E-state index is 0.00836. The molecule has 1 aliphatic carbocycles. The molecule has 0 radical (unpaired) electrons. The van der Waals surface area contributed by atoms with E-state index in [1.54, 1.807) is 0 Å². The van der Waals surface area contributed by atoms with Crippen LogP contribution in [-0.4, -0.2) is 30.5 Å². The van der Waals surface area contributed by atoms with Gasteiger partial charge in [-0.05, 0) is 55.9 Å². The van der Waals surface area contributed by atoms with E-state index in [0.29, 0.717) is 6.29 Å². The summed E-state index contributed by atoms with van der Waals surface area (Å²) in [6.07, 6.45) is 5.94. The number of benzene rings is 1. The first-order valence-corrected chi connectivity index (χ1v) is 8.42. The third-order valence-electron chi connectivity index (χ3n) is 3.38. The van der Waals surface area contributed by atoms with Gasteiger partial charge in [0.05, 0.1) is 12.3 Å². The average molecular weight is 354 g/mol. The molecular weight excluding hydrogens is 334 g/mol. The molecule has 114 valence electrons. The lowest BCUT2D eigenvalue weighted by Gasteiger charge is -2.08. The van der Waals surface area contributed by atoms with Crippen molar-refractivity contribution < 1.29 is 14.4 Å². The van der Waals surface area contributed by atoms with Crippen molar-refractivity contribution in [3.05, 3.63) is 29.3 Å². The molecule has 0 fully saturated rings. The Morgan fingerprint density at radius 3 is 2.95 bits per heavy atom. The number of carbonyl (C=O) groups is 1. The molecule has 2 rings (SSSR count). The Morgan fingerprint density at radius 1 is 1.24 bits per heavy atom. The first-order valence-electron chi connectivity index (χ1n) is 7.29. The summed E-state index contributed by atoms with van der Waals surface area (Å²) in [6, 6.07) is 6.09. The SMILES string of the molecule is O=CCO/N=C1\CCc2cc(OCCCCCBr)ccc21. The lowest BCUT2D eigenvalue weighted by atomic mass is 10.1. The molecule has 0 amide bonds. The maximum absolute atomic E-state index is 10.2. The molecule has 0 N–H and O–H groups in total. The van der Waals surface area contributed by atoms with Crippen LogP contribution in [0.2, 0.25) is 0 Å². The summed E-state index contributed by atoms with van der Waals surface area (Å²) in [5.41, 5.74) is 3.25. The van der Waals surface area contributed by atoms with E-state index < -0.39 is 0 Å². The fourth-order valence-electron chi connectivity index (χ4n) is 2.34. The van der Waals surface area contributed by atoms with E-state index in [2.05, 4.69) is 27.2 Å². The smallest absolute Gasteiger partial charge is 0.172 e. The Kier molecular flexibility index (Phi) is 6.73. The van der Waals surface area contributed by atoms with Gasteiger partial charge in [0.2, 0.25) is 0 Å². The normalized spacial score (nSPS) is 15.0. The van der Waals surface area contributed by atoms with Crippen LogP contribution in [0.5, 0.6) is 5.75 Å². The molecule has 0 saturated carbocycles. The van der Waals surface area contributed by atoms with Gasteiger partial charge in [0, 0.05) is 10.9 Å².